The van der Waals surface area contributed by atoms with Crippen LogP contribution in [0, 0.1) is 0 Å². The van der Waals surface area contributed by atoms with Crippen LogP contribution in [0.3, 0.4) is 0 Å². The number of esters is 1. The van der Waals surface area contributed by atoms with Crippen molar-refractivity contribution in [1.29, 1.82) is 0 Å². The van der Waals surface area contributed by atoms with E-state index in [4.69, 9.17) is 4.74 Å². The van der Waals surface area contributed by atoms with E-state index in [1.165, 1.54) is 7.11 Å². The lowest BCUT2D eigenvalue weighted by atomic mass is 10.2. The molecular weight excluding hydrogens is 168 g/mol. The maximum Gasteiger partial charge on any atom is 0.305 e. The Hall–Kier alpha value is -0.830. The minimum absolute atomic E-state index is 0.151. The molecule has 0 N–H and O–H groups in total. The SMILES string of the molecule is COCCCC=CCCC(=O)OC. The Balaban J connectivity index is 3.17. The van der Waals surface area contributed by atoms with Gasteiger partial charge < -0.3 is 9.47 Å². The molecule has 76 valence electrons. The molecule has 0 spiro atoms. The van der Waals surface area contributed by atoms with E-state index in [9.17, 15) is 4.79 Å². The van der Waals surface area contributed by atoms with Crippen LogP contribution in [0.4, 0.5) is 0 Å². The predicted molar refractivity (Wildman–Crippen MR) is 51.5 cm³/mol. The summed E-state index contributed by atoms with van der Waals surface area (Å²) in [4.78, 5) is 10.7. The van der Waals surface area contributed by atoms with Gasteiger partial charge in [-0.25, -0.2) is 0 Å². The van der Waals surface area contributed by atoms with Crippen molar-refractivity contribution >= 4 is 5.97 Å². The molecule has 0 bridgehead atoms. The second kappa shape index (κ2) is 9.26. The molecule has 3 heteroatoms. The third-order valence-electron chi connectivity index (χ3n) is 1.63. The van der Waals surface area contributed by atoms with Gasteiger partial charge in [0.05, 0.1) is 7.11 Å². The Morgan fingerprint density at radius 2 is 1.92 bits per heavy atom. The molecule has 0 aliphatic carbocycles. The number of hydrogen-bond acceptors (Lipinski definition) is 3. The monoisotopic (exact) mass is 186 g/mol. The van der Waals surface area contributed by atoms with Crippen molar-refractivity contribution in [3.05, 3.63) is 12.2 Å². The standard InChI is InChI=1S/C10H18O3/c1-12-9-7-5-3-4-6-8-10(11)13-2/h3-4H,5-9H2,1-2H3. The maximum atomic E-state index is 10.7. The van der Waals surface area contributed by atoms with Gasteiger partial charge in [-0.1, -0.05) is 12.2 Å². The average molecular weight is 186 g/mol. The highest BCUT2D eigenvalue weighted by molar-refractivity contribution is 5.69. The van der Waals surface area contributed by atoms with Crippen LogP contribution in [-0.4, -0.2) is 26.8 Å². The van der Waals surface area contributed by atoms with Crippen molar-refractivity contribution in [3.8, 4) is 0 Å². The summed E-state index contributed by atoms with van der Waals surface area (Å²) in [5.41, 5.74) is 0. The van der Waals surface area contributed by atoms with E-state index in [0.717, 1.165) is 25.9 Å². The van der Waals surface area contributed by atoms with Crippen LogP contribution in [0.1, 0.15) is 25.7 Å². The third kappa shape index (κ3) is 9.08. The van der Waals surface area contributed by atoms with Crippen LogP contribution >= 0.6 is 0 Å². The normalized spacial score (nSPS) is 10.6. The number of allylic oxidation sites excluding steroid dienone is 2. The highest BCUT2D eigenvalue weighted by atomic mass is 16.5. The van der Waals surface area contributed by atoms with Gasteiger partial charge in [0, 0.05) is 20.1 Å². The number of unbranched alkanes of at least 4 members (excludes halogenated alkanes) is 1. The van der Waals surface area contributed by atoms with E-state index in [-0.39, 0.29) is 5.97 Å². The number of ether oxygens (including phenoxy) is 2. The number of hydrogen-bond donors (Lipinski definition) is 0. The first kappa shape index (κ1) is 12.2. The zero-order valence-electron chi connectivity index (χ0n) is 8.41. The van der Waals surface area contributed by atoms with Crippen molar-refractivity contribution < 1.29 is 14.3 Å². The Labute approximate surface area is 79.7 Å². The quantitative estimate of drug-likeness (QED) is 0.346. The fraction of sp³-hybridized carbons (Fsp3) is 0.700. The van der Waals surface area contributed by atoms with Gasteiger partial charge in [0.2, 0.25) is 0 Å². The van der Waals surface area contributed by atoms with Crippen molar-refractivity contribution in [1.82, 2.24) is 0 Å². The zero-order chi connectivity index (χ0) is 9.94. The Morgan fingerprint density at radius 3 is 2.54 bits per heavy atom. The maximum absolute atomic E-state index is 10.7. The van der Waals surface area contributed by atoms with Gasteiger partial charge >= 0.3 is 5.97 Å². The second-order valence-corrected chi connectivity index (χ2v) is 2.72. The second-order valence-electron chi connectivity index (χ2n) is 2.72. The van der Waals surface area contributed by atoms with Crippen LogP contribution in [0.15, 0.2) is 12.2 Å². The van der Waals surface area contributed by atoms with E-state index in [1.807, 2.05) is 6.08 Å². The molecule has 0 heterocycles. The Morgan fingerprint density at radius 1 is 1.23 bits per heavy atom. The number of carbonyl (C=O) groups is 1. The molecule has 0 aliphatic rings. The highest BCUT2D eigenvalue weighted by Gasteiger charge is 1.95. The summed E-state index contributed by atoms with van der Waals surface area (Å²) in [5.74, 6) is -0.151. The molecule has 13 heavy (non-hydrogen) atoms. The van der Waals surface area contributed by atoms with Crippen LogP contribution in [-0.2, 0) is 14.3 Å². The first-order chi connectivity index (χ1) is 6.31. The van der Waals surface area contributed by atoms with E-state index < -0.39 is 0 Å². The lowest BCUT2D eigenvalue weighted by molar-refractivity contribution is -0.140. The molecule has 0 aromatic heterocycles. The van der Waals surface area contributed by atoms with Gasteiger partial charge in [-0.15, -0.1) is 0 Å². The first-order valence-corrected chi connectivity index (χ1v) is 4.52. The molecule has 0 saturated carbocycles. The molecule has 0 rings (SSSR count). The summed E-state index contributed by atoms with van der Waals surface area (Å²) >= 11 is 0. The smallest absolute Gasteiger partial charge is 0.305 e. The summed E-state index contributed by atoms with van der Waals surface area (Å²) in [6.07, 6.45) is 7.35. The van der Waals surface area contributed by atoms with E-state index >= 15 is 0 Å². The van der Waals surface area contributed by atoms with Gasteiger partial charge in [0.1, 0.15) is 0 Å². The van der Waals surface area contributed by atoms with Gasteiger partial charge in [-0.05, 0) is 19.3 Å². The number of methoxy groups -OCH3 is 2. The summed E-state index contributed by atoms with van der Waals surface area (Å²) in [5, 5.41) is 0. The molecule has 3 nitrogen and oxygen atoms in total. The van der Waals surface area contributed by atoms with Crippen LogP contribution < -0.4 is 0 Å². The Kier molecular flexibility index (Phi) is 8.67. The largest absolute Gasteiger partial charge is 0.469 e. The predicted octanol–water partition coefficient (Wildman–Crippen LogP) is 1.92. The van der Waals surface area contributed by atoms with Crippen molar-refractivity contribution in [2.45, 2.75) is 25.7 Å². The van der Waals surface area contributed by atoms with E-state index in [1.54, 1.807) is 7.11 Å². The third-order valence-corrected chi connectivity index (χ3v) is 1.63. The molecule has 0 atom stereocenters. The van der Waals surface area contributed by atoms with Crippen LogP contribution in [0.25, 0.3) is 0 Å². The van der Waals surface area contributed by atoms with Gasteiger partial charge in [0.15, 0.2) is 0 Å². The molecule has 0 unspecified atom stereocenters. The molecule has 0 radical (unpaired) electrons. The number of carbonyl (C=O) groups excluding carboxylic acids is 1. The zero-order valence-corrected chi connectivity index (χ0v) is 8.41. The van der Waals surface area contributed by atoms with Crippen LogP contribution in [0.5, 0.6) is 0 Å². The molecular formula is C10H18O3. The lowest BCUT2D eigenvalue weighted by Crippen LogP contribution is -1.97. The first-order valence-electron chi connectivity index (χ1n) is 4.52. The molecule has 0 amide bonds. The summed E-state index contributed by atoms with van der Waals surface area (Å²) in [6, 6.07) is 0. The Bertz CT molecular complexity index is 152. The average Bonchev–Trinajstić information content (AvgIpc) is 2.16. The topological polar surface area (TPSA) is 35.5 Å². The van der Waals surface area contributed by atoms with E-state index in [2.05, 4.69) is 10.8 Å². The molecule has 0 fully saturated rings. The van der Waals surface area contributed by atoms with Gasteiger partial charge in [0.25, 0.3) is 0 Å². The fourth-order valence-electron chi connectivity index (χ4n) is 0.884. The van der Waals surface area contributed by atoms with Crippen LogP contribution in [0.2, 0.25) is 0 Å². The summed E-state index contributed by atoms with van der Waals surface area (Å²) in [7, 11) is 3.10. The number of rotatable bonds is 7. The highest BCUT2D eigenvalue weighted by Crippen LogP contribution is 1.96. The minimum Gasteiger partial charge on any atom is -0.469 e. The lowest BCUT2D eigenvalue weighted by Gasteiger charge is -1.95. The van der Waals surface area contributed by atoms with Gasteiger partial charge in [-0.3, -0.25) is 4.79 Å². The van der Waals surface area contributed by atoms with Crippen molar-refractivity contribution in [3.63, 3.8) is 0 Å². The summed E-state index contributed by atoms with van der Waals surface area (Å²) < 4.78 is 9.40. The fourth-order valence-corrected chi connectivity index (χ4v) is 0.884. The molecule has 0 aromatic carbocycles. The summed E-state index contributed by atoms with van der Waals surface area (Å²) in [6.45, 7) is 0.793. The molecule has 0 aliphatic heterocycles. The van der Waals surface area contributed by atoms with Gasteiger partial charge in [-0.2, -0.15) is 0 Å². The van der Waals surface area contributed by atoms with E-state index in [0.29, 0.717) is 6.42 Å². The van der Waals surface area contributed by atoms with Crippen molar-refractivity contribution in [2.75, 3.05) is 20.8 Å². The van der Waals surface area contributed by atoms with Crippen molar-refractivity contribution in [2.24, 2.45) is 0 Å². The molecule has 0 saturated heterocycles. The minimum atomic E-state index is -0.151. The molecule has 0 aromatic rings.